The van der Waals surface area contributed by atoms with E-state index in [1.807, 2.05) is 0 Å². The highest BCUT2D eigenvalue weighted by atomic mass is 19.1. The lowest BCUT2D eigenvalue weighted by Gasteiger charge is -2.40. The lowest BCUT2D eigenvalue weighted by Crippen LogP contribution is -2.62. The maximum absolute atomic E-state index is 13.0. The third-order valence-electron chi connectivity index (χ3n) is 2.57. The lowest BCUT2D eigenvalue weighted by molar-refractivity contribution is -0.164. The fraction of sp³-hybridized carbons (Fsp3) is 0.417. The van der Waals surface area contributed by atoms with Gasteiger partial charge in [0.15, 0.2) is 5.54 Å². The number of esters is 1. The normalized spacial score (nSPS) is 17.1. The van der Waals surface area contributed by atoms with Crippen molar-refractivity contribution in [1.82, 2.24) is 0 Å². The molecule has 92 valence electrons. The first kappa shape index (κ1) is 11.9. The van der Waals surface area contributed by atoms with Gasteiger partial charge >= 0.3 is 5.97 Å². The smallest absolute Gasteiger partial charge is 0.336 e. The molecule has 0 atom stereocenters. The molecule has 0 bridgehead atoms. The van der Waals surface area contributed by atoms with Crippen molar-refractivity contribution in [3.05, 3.63) is 30.1 Å². The van der Waals surface area contributed by atoms with Crippen LogP contribution >= 0.6 is 0 Å². The Balaban J connectivity index is 2.12. The van der Waals surface area contributed by atoms with Crippen molar-refractivity contribution < 1.29 is 18.7 Å². The Kier molecular flexibility index (Phi) is 3.28. The van der Waals surface area contributed by atoms with E-state index in [2.05, 4.69) is 5.32 Å². The van der Waals surface area contributed by atoms with Gasteiger partial charge in [0.1, 0.15) is 5.82 Å². The molecule has 0 aliphatic carbocycles. The summed E-state index contributed by atoms with van der Waals surface area (Å²) in [5.74, 6) is -0.718. The minimum absolute atomic E-state index is 0.238. The summed E-state index contributed by atoms with van der Waals surface area (Å²) in [7, 11) is 0. The molecular formula is C12H14FNO3. The Bertz CT molecular complexity index is 418. The van der Waals surface area contributed by atoms with Crippen LogP contribution in [0.3, 0.4) is 0 Å². The van der Waals surface area contributed by atoms with Gasteiger partial charge in [-0.1, -0.05) is 6.07 Å². The third-order valence-corrected chi connectivity index (χ3v) is 2.57. The minimum Gasteiger partial charge on any atom is -0.464 e. The van der Waals surface area contributed by atoms with Crippen molar-refractivity contribution >= 4 is 11.7 Å². The Hall–Kier alpha value is -1.62. The number of benzene rings is 1. The minimum atomic E-state index is -0.871. The fourth-order valence-corrected chi connectivity index (χ4v) is 1.66. The van der Waals surface area contributed by atoms with Gasteiger partial charge in [-0.05, 0) is 25.1 Å². The number of hydrogen-bond donors (Lipinski definition) is 1. The van der Waals surface area contributed by atoms with Gasteiger partial charge in [-0.25, -0.2) is 9.18 Å². The van der Waals surface area contributed by atoms with E-state index in [0.717, 1.165) is 0 Å². The summed E-state index contributed by atoms with van der Waals surface area (Å²) in [6.45, 7) is 2.53. The van der Waals surface area contributed by atoms with E-state index in [4.69, 9.17) is 9.47 Å². The first-order valence-corrected chi connectivity index (χ1v) is 5.45. The second kappa shape index (κ2) is 4.71. The monoisotopic (exact) mass is 239 g/mol. The highest BCUT2D eigenvalue weighted by Gasteiger charge is 2.47. The quantitative estimate of drug-likeness (QED) is 0.810. The fourth-order valence-electron chi connectivity index (χ4n) is 1.66. The molecule has 1 aliphatic rings. The van der Waals surface area contributed by atoms with Gasteiger partial charge in [0, 0.05) is 5.69 Å². The molecule has 0 amide bonds. The SMILES string of the molecule is CCOC(=O)C1(Nc2cccc(F)c2)COC1. The highest BCUT2D eigenvalue weighted by Crippen LogP contribution is 2.25. The summed E-state index contributed by atoms with van der Waals surface area (Å²) < 4.78 is 23.1. The van der Waals surface area contributed by atoms with Crippen LogP contribution in [0.15, 0.2) is 24.3 Å². The predicted molar refractivity (Wildman–Crippen MR) is 60.2 cm³/mol. The number of ether oxygens (including phenoxy) is 2. The largest absolute Gasteiger partial charge is 0.464 e. The molecule has 1 aliphatic heterocycles. The Morgan fingerprint density at radius 3 is 2.88 bits per heavy atom. The van der Waals surface area contributed by atoms with Gasteiger partial charge in [0.2, 0.25) is 0 Å². The molecule has 5 heteroatoms. The Labute approximate surface area is 98.7 Å². The zero-order valence-corrected chi connectivity index (χ0v) is 9.53. The Morgan fingerprint density at radius 1 is 1.59 bits per heavy atom. The summed E-state index contributed by atoms with van der Waals surface area (Å²) in [6, 6.07) is 5.96. The predicted octanol–water partition coefficient (Wildman–Crippen LogP) is 1.57. The van der Waals surface area contributed by atoms with Crippen LogP contribution in [0.2, 0.25) is 0 Å². The highest BCUT2D eigenvalue weighted by molar-refractivity contribution is 5.86. The summed E-state index contributed by atoms with van der Waals surface area (Å²) in [6.07, 6.45) is 0. The van der Waals surface area contributed by atoms with Gasteiger partial charge in [0.05, 0.1) is 19.8 Å². The summed E-state index contributed by atoms with van der Waals surface area (Å²) in [5, 5.41) is 2.98. The lowest BCUT2D eigenvalue weighted by atomic mass is 9.97. The van der Waals surface area contributed by atoms with Crippen molar-refractivity contribution in [1.29, 1.82) is 0 Å². The topological polar surface area (TPSA) is 47.6 Å². The van der Waals surface area contributed by atoms with Crippen LogP contribution in [-0.2, 0) is 14.3 Å². The molecule has 0 radical (unpaired) electrons. The maximum atomic E-state index is 13.0. The zero-order chi connectivity index (χ0) is 12.3. The molecular weight excluding hydrogens is 225 g/mol. The number of carbonyl (C=O) groups is 1. The zero-order valence-electron chi connectivity index (χ0n) is 9.53. The van der Waals surface area contributed by atoms with Gasteiger partial charge in [-0.15, -0.1) is 0 Å². The standard InChI is InChI=1S/C12H14FNO3/c1-2-17-11(15)12(7-16-8-12)14-10-5-3-4-9(13)6-10/h3-6,14H,2,7-8H2,1H3. The molecule has 17 heavy (non-hydrogen) atoms. The van der Waals surface area contributed by atoms with Crippen LogP contribution in [0.25, 0.3) is 0 Å². The van der Waals surface area contributed by atoms with Gasteiger partial charge in [-0.3, -0.25) is 0 Å². The first-order valence-electron chi connectivity index (χ1n) is 5.45. The van der Waals surface area contributed by atoms with E-state index in [1.54, 1.807) is 19.1 Å². The maximum Gasteiger partial charge on any atom is 0.336 e. The first-order chi connectivity index (χ1) is 8.16. The van der Waals surface area contributed by atoms with Crippen molar-refractivity contribution in [2.75, 3.05) is 25.1 Å². The van der Waals surface area contributed by atoms with E-state index >= 15 is 0 Å². The molecule has 0 aromatic heterocycles. The molecule has 1 heterocycles. The molecule has 0 saturated carbocycles. The second-order valence-electron chi connectivity index (χ2n) is 3.93. The molecule has 4 nitrogen and oxygen atoms in total. The van der Waals surface area contributed by atoms with E-state index in [9.17, 15) is 9.18 Å². The Morgan fingerprint density at radius 2 is 2.35 bits per heavy atom. The van der Waals surface area contributed by atoms with Crippen LogP contribution in [0.5, 0.6) is 0 Å². The van der Waals surface area contributed by atoms with Crippen molar-refractivity contribution in [2.45, 2.75) is 12.5 Å². The van der Waals surface area contributed by atoms with Gasteiger partial charge in [-0.2, -0.15) is 0 Å². The summed E-state index contributed by atoms with van der Waals surface area (Å²) in [5.41, 5.74) is -0.328. The van der Waals surface area contributed by atoms with E-state index in [1.165, 1.54) is 12.1 Å². The summed E-state index contributed by atoms with van der Waals surface area (Å²) >= 11 is 0. The third kappa shape index (κ3) is 2.39. The number of anilines is 1. The average Bonchev–Trinajstić information content (AvgIpc) is 2.24. The van der Waals surface area contributed by atoms with E-state index in [-0.39, 0.29) is 25.0 Å². The number of hydrogen-bond acceptors (Lipinski definition) is 4. The van der Waals surface area contributed by atoms with Crippen LogP contribution < -0.4 is 5.32 Å². The molecule has 0 spiro atoms. The summed E-state index contributed by atoms with van der Waals surface area (Å²) in [4.78, 5) is 11.8. The van der Waals surface area contributed by atoms with Crippen molar-refractivity contribution in [3.63, 3.8) is 0 Å². The van der Waals surface area contributed by atoms with Crippen LogP contribution in [0.1, 0.15) is 6.92 Å². The molecule has 1 aromatic rings. The number of carbonyl (C=O) groups excluding carboxylic acids is 1. The number of nitrogens with one attached hydrogen (secondary N) is 1. The van der Waals surface area contributed by atoms with Crippen LogP contribution in [-0.4, -0.2) is 31.3 Å². The number of rotatable bonds is 4. The second-order valence-corrected chi connectivity index (χ2v) is 3.93. The van der Waals surface area contributed by atoms with Gasteiger partial charge in [0.25, 0.3) is 0 Å². The molecule has 1 saturated heterocycles. The number of halogens is 1. The molecule has 1 aromatic carbocycles. The van der Waals surface area contributed by atoms with Crippen molar-refractivity contribution in [2.24, 2.45) is 0 Å². The van der Waals surface area contributed by atoms with Crippen molar-refractivity contribution in [3.8, 4) is 0 Å². The molecule has 0 unspecified atom stereocenters. The van der Waals surface area contributed by atoms with Crippen LogP contribution in [0.4, 0.5) is 10.1 Å². The molecule has 2 rings (SSSR count). The molecule has 1 N–H and O–H groups in total. The van der Waals surface area contributed by atoms with E-state index in [0.29, 0.717) is 12.3 Å². The van der Waals surface area contributed by atoms with E-state index < -0.39 is 5.54 Å². The molecule has 1 fully saturated rings. The average molecular weight is 239 g/mol. The van der Waals surface area contributed by atoms with Crippen LogP contribution in [0, 0.1) is 5.82 Å². The van der Waals surface area contributed by atoms with Gasteiger partial charge < -0.3 is 14.8 Å².